The lowest BCUT2D eigenvalue weighted by Crippen LogP contribution is -2.26. The van der Waals surface area contributed by atoms with Gasteiger partial charge in [0.2, 0.25) is 0 Å². The standard InChI is InChI=1S/C11H13NO2/c12-10-5-7-3-1-2-4-8(7)9(10)6-11(13)14/h1-4,9-10H,5-6,12H2,(H,13,14). The Morgan fingerprint density at radius 2 is 2.21 bits per heavy atom. The quantitative estimate of drug-likeness (QED) is 0.736. The molecular formula is C11H13NO2. The minimum Gasteiger partial charge on any atom is -0.481 e. The Morgan fingerprint density at radius 1 is 1.50 bits per heavy atom. The second-order valence-electron chi connectivity index (χ2n) is 3.77. The molecule has 3 N–H and O–H groups in total. The number of aliphatic carboxylic acids is 1. The van der Waals surface area contributed by atoms with Crippen molar-refractivity contribution in [3.63, 3.8) is 0 Å². The number of rotatable bonds is 2. The first-order chi connectivity index (χ1) is 6.68. The van der Waals surface area contributed by atoms with Crippen LogP contribution < -0.4 is 5.73 Å². The van der Waals surface area contributed by atoms with Gasteiger partial charge in [0.1, 0.15) is 0 Å². The highest BCUT2D eigenvalue weighted by Crippen LogP contribution is 2.34. The zero-order chi connectivity index (χ0) is 10.1. The maximum Gasteiger partial charge on any atom is 0.304 e. The van der Waals surface area contributed by atoms with Crippen LogP contribution in [0, 0.1) is 0 Å². The fourth-order valence-corrected chi connectivity index (χ4v) is 2.16. The number of carboxylic acids is 1. The van der Waals surface area contributed by atoms with Gasteiger partial charge in [0.05, 0.1) is 6.42 Å². The molecule has 0 aromatic heterocycles. The maximum atomic E-state index is 10.7. The minimum absolute atomic E-state index is 0.0105. The summed E-state index contributed by atoms with van der Waals surface area (Å²) in [5.41, 5.74) is 8.23. The Labute approximate surface area is 82.5 Å². The molecule has 0 saturated heterocycles. The molecule has 0 spiro atoms. The average molecular weight is 191 g/mol. The Balaban J connectivity index is 2.30. The smallest absolute Gasteiger partial charge is 0.304 e. The molecule has 0 amide bonds. The third-order valence-electron chi connectivity index (χ3n) is 2.82. The second-order valence-corrected chi connectivity index (χ2v) is 3.77. The molecule has 3 nitrogen and oxygen atoms in total. The molecule has 0 bridgehead atoms. The van der Waals surface area contributed by atoms with Crippen LogP contribution in [0.3, 0.4) is 0 Å². The van der Waals surface area contributed by atoms with E-state index in [1.165, 1.54) is 5.56 Å². The normalized spacial score (nSPS) is 24.6. The monoisotopic (exact) mass is 191 g/mol. The zero-order valence-electron chi connectivity index (χ0n) is 7.81. The van der Waals surface area contributed by atoms with E-state index in [1.807, 2.05) is 24.3 Å². The van der Waals surface area contributed by atoms with Gasteiger partial charge in [-0.05, 0) is 17.5 Å². The highest BCUT2D eigenvalue weighted by molar-refractivity contribution is 5.68. The van der Waals surface area contributed by atoms with Crippen molar-refractivity contribution in [1.29, 1.82) is 0 Å². The Morgan fingerprint density at radius 3 is 2.93 bits per heavy atom. The lowest BCUT2D eigenvalue weighted by atomic mass is 9.95. The first-order valence-electron chi connectivity index (χ1n) is 4.73. The number of nitrogens with two attached hydrogens (primary N) is 1. The van der Waals surface area contributed by atoms with Gasteiger partial charge in [0, 0.05) is 12.0 Å². The van der Waals surface area contributed by atoms with E-state index in [4.69, 9.17) is 10.8 Å². The molecule has 14 heavy (non-hydrogen) atoms. The van der Waals surface area contributed by atoms with Crippen LogP contribution in [0.5, 0.6) is 0 Å². The lowest BCUT2D eigenvalue weighted by Gasteiger charge is -2.13. The summed E-state index contributed by atoms with van der Waals surface area (Å²) in [6.45, 7) is 0. The van der Waals surface area contributed by atoms with Crippen molar-refractivity contribution in [2.75, 3.05) is 0 Å². The SMILES string of the molecule is NC1Cc2ccccc2C1CC(=O)O. The van der Waals surface area contributed by atoms with Crippen molar-refractivity contribution in [2.45, 2.75) is 24.8 Å². The summed E-state index contributed by atoms with van der Waals surface area (Å²) in [7, 11) is 0. The fourth-order valence-electron chi connectivity index (χ4n) is 2.16. The van der Waals surface area contributed by atoms with Crippen LogP contribution in [0.25, 0.3) is 0 Å². The van der Waals surface area contributed by atoms with Crippen LogP contribution in [0.2, 0.25) is 0 Å². The topological polar surface area (TPSA) is 63.3 Å². The van der Waals surface area contributed by atoms with E-state index < -0.39 is 5.97 Å². The average Bonchev–Trinajstić information content (AvgIpc) is 2.43. The molecule has 1 aromatic rings. The molecular weight excluding hydrogens is 178 g/mol. The molecule has 1 aliphatic rings. The Hall–Kier alpha value is -1.35. The Bertz CT molecular complexity index is 362. The van der Waals surface area contributed by atoms with Crippen molar-refractivity contribution in [3.05, 3.63) is 35.4 Å². The van der Waals surface area contributed by atoms with E-state index in [9.17, 15) is 4.79 Å². The summed E-state index contributed by atoms with van der Waals surface area (Å²) in [5.74, 6) is -0.786. The lowest BCUT2D eigenvalue weighted by molar-refractivity contribution is -0.137. The summed E-state index contributed by atoms with van der Waals surface area (Å²) < 4.78 is 0. The molecule has 2 rings (SSSR count). The van der Waals surface area contributed by atoms with Crippen molar-refractivity contribution >= 4 is 5.97 Å². The molecule has 2 unspecified atom stereocenters. The summed E-state index contributed by atoms with van der Waals surface area (Å²) >= 11 is 0. The molecule has 0 radical (unpaired) electrons. The molecule has 74 valence electrons. The van der Waals surface area contributed by atoms with E-state index in [0.29, 0.717) is 0 Å². The number of hydrogen-bond donors (Lipinski definition) is 2. The molecule has 1 aromatic carbocycles. The van der Waals surface area contributed by atoms with Gasteiger partial charge in [0.25, 0.3) is 0 Å². The van der Waals surface area contributed by atoms with E-state index in [2.05, 4.69) is 0 Å². The van der Waals surface area contributed by atoms with Gasteiger partial charge in [-0.25, -0.2) is 0 Å². The van der Waals surface area contributed by atoms with Gasteiger partial charge >= 0.3 is 5.97 Å². The van der Waals surface area contributed by atoms with Crippen LogP contribution >= 0.6 is 0 Å². The largest absolute Gasteiger partial charge is 0.481 e. The fraction of sp³-hybridized carbons (Fsp3) is 0.364. The first kappa shape index (κ1) is 9.21. The van der Waals surface area contributed by atoms with Gasteiger partial charge in [-0.1, -0.05) is 24.3 Å². The molecule has 0 heterocycles. The van der Waals surface area contributed by atoms with Crippen molar-refractivity contribution in [2.24, 2.45) is 5.73 Å². The summed E-state index contributed by atoms with van der Waals surface area (Å²) in [6, 6.07) is 7.87. The van der Waals surface area contributed by atoms with Crippen molar-refractivity contribution in [1.82, 2.24) is 0 Å². The van der Waals surface area contributed by atoms with E-state index in [-0.39, 0.29) is 18.4 Å². The number of carboxylic acid groups (broad SMARTS) is 1. The number of fused-ring (bicyclic) bond motifs is 1. The van der Waals surface area contributed by atoms with Gasteiger partial charge in [0.15, 0.2) is 0 Å². The number of carbonyl (C=O) groups is 1. The highest BCUT2D eigenvalue weighted by Gasteiger charge is 2.30. The van der Waals surface area contributed by atoms with Gasteiger partial charge < -0.3 is 10.8 Å². The van der Waals surface area contributed by atoms with E-state index >= 15 is 0 Å². The van der Waals surface area contributed by atoms with Crippen LogP contribution in [0.1, 0.15) is 23.5 Å². The molecule has 1 aliphatic carbocycles. The van der Waals surface area contributed by atoms with Crippen LogP contribution in [0.4, 0.5) is 0 Å². The third kappa shape index (κ3) is 1.51. The molecule has 3 heteroatoms. The number of hydrogen-bond acceptors (Lipinski definition) is 2. The van der Waals surface area contributed by atoms with Crippen LogP contribution in [-0.2, 0) is 11.2 Å². The summed E-state index contributed by atoms with van der Waals surface area (Å²) in [5, 5.41) is 8.76. The maximum absolute atomic E-state index is 10.7. The summed E-state index contributed by atoms with van der Waals surface area (Å²) in [4.78, 5) is 10.7. The second kappa shape index (κ2) is 3.42. The predicted octanol–water partition coefficient (Wildman–Crippen LogP) is 1.13. The van der Waals surface area contributed by atoms with Gasteiger partial charge in [-0.2, -0.15) is 0 Å². The van der Waals surface area contributed by atoms with Crippen molar-refractivity contribution < 1.29 is 9.90 Å². The number of benzene rings is 1. The highest BCUT2D eigenvalue weighted by atomic mass is 16.4. The minimum atomic E-state index is -0.776. The molecule has 0 aliphatic heterocycles. The van der Waals surface area contributed by atoms with Gasteiger partial charge in [-0.3, -0.25) is 4.79 Å². The summed E-state index contributed by atoms with van der Waals surface area (Å²) in [6.07, 6.45) is 0.937. The first-order valence-corrected chi connectivity index (χ1v) is 4.73. The van der Waals surface area contributed by atoms with Gasteiger partial charge in [-0.15, -0.1) is 0 Å². The van der Waals surface area contributed by atoms with E-state index in [0.717, 1.165) is 12.0 Å². The van der Waals surface area contributed by atoms with Crippen LogP contribution in [-0.4, -0.2) is 17.1 Å². The zero-order valence-corrected chi connectivity index (χ0v) is 7.81. The van der Waals surface area contributed by atoms with Crippen LogP contribution in [0.15, 0.2) is 24.3 Å². The van der Waals surface area contributed by atoms with E-state index in [1.54, 1.807) is 0 Å². The van der Waals surface area contributed by atoms with Crippen molar-refractivity contribution in [3.8, 4) is 0 Å². The molecule has 2 atom stereocenters. The predicted molar refractivity (Wildman–Crippen MR) is 53.1 cm³/mol. The third-order valence-corrected chi connectivity index (χ3v) is 2.82. The Kier molecular flexibility index (Phi) is 2.25. The molecule has 0 fully saturated rings. The molecule has 0 saturated carbocycles.